The smallest absolute Gasteiger partial charge is 0.250 e. The van der Waals surface area contributed by atoms with Crippen LogP contribution in [0.25, 0.3) is 17.3 Å². The van der Waals surface area contributed by atoms with E-state index in [9.17, 15) is 4.79 Å². The molecule has 1 aromatic heterocycles. The lowest BCUT2D eigenvalue weighted by atomic mass is 10.2. The number of amides is 1. The minimum absolute atomic E-state index is 0.275. The predicted molar refractivity (Wildman–Crippen MR) is 117 cm³/mol. The highest BCUT2D eigenvalue weighted by molar-refractivity contribution is 9.10. The molecule has 3 rings (SSSR count). The number of carbonyl (C=O) groups is 1. The minimum Gasteiger partial charge on any atom is -0.493 e. The zero-order valence-corrected chi connectivity index (χ0v) is 18.2. The summed E-state index contributed by atoms with van der Waals surface area (Å²) in [6.45, 7) is 0. The SMILES string of the molecule is COc1cc(C=CC(=O)Nc2nc(-c3ccc(Cl)cc3)cs2)cc(Br)c1OC. The van der Waals surface area contributed by atoms with E-state index in [1.54, 1.807) is 38.5 Å². The number of halogens is 2. The second kappa shape index (κ2) is 9.23. The van der Waals surface area contributed by atoms with Gasteiger partial charge in [0, 0.05) is 22.0 Å². The maximum Gasteiger partial charge on any atom is 0.250 e. The van der Waals surface area contributed by atoms with Crippen LogP contribution in [0.15, 0.2) is 52.3 Å². The van der Waals surface area contributed by atoms with Crippen molar-refractivity contribution in [2.45, 2.75) is 0 Å². The van der Waals surface area contributed by atoms with Crippen LogP contribution >= 0.6 is 38.9 Å². The van der Waals surface area contributed by atoms with Gasteiger partial charge in [-0.25, -0.2) is 4.98 Å². The van der Waals surface area contributed by atoms with Gasteiger partial charge in [0.05, 0.1) is 24.4 Å². The second-order valence-corrected chi connectivity index (χ2v) is 7.75. The second-order valence-electron chi connectivity index (χ2n) is 5.61. The van der Waals surface area contributed by atoms with E-state index in [1.165, 1.54) is 17.4 Å². The summed E-state index contributed by atoms with van der Waals surface area (Å²) in [5.74, 6) is 0.897. The third-order valence-corrected chi connectivity index (χ3v) is 5.36. The average Bonchev–Trinajstić information content (AvgIpc) is 3.14. The largest absolute Gasteiger partial charge is 0.493 e. The molecular weight excluding hydrogens is 464 g/mol. The van der Waals surface area contributed by atoms with Crippen molar-refractivity contribution in [3.63, 3.8) is 0 Å². The summed E-state index contributed by atoms with van der Waals surface area (Å²) in [6, 6.07) is 11.0. The van der Waals surface area contributed by atoms with Crippen LogP contribution in [-0.4, -0.2) is 25.1 Å². The Bertz CT molecular complexity index is 1020. The summed E-state index contributed by atoms with van der Waals surface area (Å²) in [6.07, 6.45) is 3.13. The summed E-state index contributed by atoms with van der Waals surface area (Å²) in [5, 5.41) is 5.84. The Morgan fingerprint density at radius 1 is 1.21 bits per heavy atom. The standard InChI is InChI=1S/C20H16BrClN2O3S/c1-26-17-10-12(9-15(21)19(17)27-2)3-8-18(25)24-20-23-16(11-28-20)13-4-6-14(22)7-5-13/h3-11H,1-2H3,(H,23,24,25). The Labute approximate surface area is 180 Å². The molecule has 0 spiro atoms. The molecule has 0 saturated heterocycles. The maximum atomic E-state index is 12.2. The van der Waals surface area contributed by atoms with Crippen LogP contribution in [0.5, 0.6) is 11.5 Å². The van der Waals surface area contributed by atoms with Gasteiger partial charge in [0.15, 0.2) is 16.6 Å². The zero-order chi connectivity index (χ0) is 20.1. The summed E-state index contributed by atoms with van der Waals surface area (Å²) in [4.78, 5) is 16.7. The number of hydrogen-bond donors (Lipinski definition) is 1. The normalized spacial score (nSPS) is 10.9. The van der Waals surface area contributed by atoms with Crippen LogP contribution in [0.1, 0.15) is 5.56 Å². The average molecular weight is 480 g/mol. The van der Waals surface area contributed by atoms with Gasteiger partial charge in [0.25, 0.3) is 0 Å². The molecule has 1 N–H and O–H groups in total. The molecule has 0 atom stereocenters. The zero-order valence-electron chi connectivity index (χ0n) is 15.0. The molecule has 0 saturated carbocycles. The first-order valence-electron chi connectivity index (χ1n) is 8.12. The Kier molecular flexibility index (Phi) is 6.72. The number of rotatable bonds is 6. The Morgan fingerprint density at radius 2 is 1.96 bits per heavy atom. The lowest BCUT2D eigenvalue weighted by molar-refractivity contribution is -0.111. The molecule has 0 fully saturated rings. The van der Waals surface area contributed by atoms with Gasteiger partial charge in [-0.1, -0.05) is 23.7 Å². The summed E-state index contributed by atoms with van der Waals surface area (Å²) in [7, 11) is 3.13. The number of ether oxygens (including phenoxy) is 2. The molecule has 0 aliphatic rings. The number of thiazole rings is 1. The van der Waals surface area contributed by atoms with Gasteiger partial charge >= 0.3 is 0 Å². The van der Waals surface area contributed by atoms with E-state index in [-0.39, 0.29) is 5.91 Å². The molecule has 8 heteroatoms. The molecule has 0 unspecified atom stereocenters. The van der Waals surface area contributed by atoms with Gasteiger partial charge in [0.1, 0.15) is 0 Å². The maximum absolute atomic E-state index is 12.2. The molecule has 2 aromatic carbocycles. The van der Waals surface area contributed by atoms with Crippen molar-refractivity contribution >= 4 is 56.0 Å². The van der Waals surface area contributed by atoms with Gasteiger partial charge in [-0.2, -0.15) is 0 Å². The Hall–Kier alpha value is -2.35. The van der Waals surface area contributed by atoms with Crippen LogP contribution in [0, 0.1) is 0 Å². The number of anilines is 1. The molecule has 0 aliphatic carbocycles. The molecule has 1 amide bonds. The summed E-state index contributed by atoms with van der Waals surface area (Å²) < 4.78 is 11.3. The number of methoxy groups -OCH3 is 2. The van der Waals surface area contributed by atoms with Gasteiger partial charge < -0.3 is 9.47 Å². The van der Waals surface area contributed by atoms with Gasteiger partial charge in [0.2, 0.25) is 5.91 Å². The van der Waals surface area contributed by atoms with Crippen LogP contribution in [0.4, 0.5) is 5.13 Å². The first-order chi connectivity index (χ1) is 13.5. The number of nitrogens with one attached hydrogen (secondary N) is 1. The van der Waals surface area contributed by atoms with E-state index in [1.807, 2.05) is 23.6 Å². The van der Waals surface area contributed by atoms with Gasteiger partial charge in [-0.05, 0) is 51.8 Å². The molecule has 3 aromatic rings. The number of nitrogens with zero attached hydrogens (tertiary/aromatic N) is 1. The lowest BCUT2D eigenvalue weighted by Gasteiger charge is -2.10. The van der Waals surface area contributed by atoms with Crippen molar-refractivity contribution in [1.29, 1.82) is 0 Å². The third-order valence-electron chi connectivity index (χ3n) is 3.76. The molecular formula is C20H16BrClN2O3S. The molecule has 5 nitrogen and oxygen atoms in total. The molecule has 0 radical (unpaired) electrons. The fraction of sp³-hybridized carbons (Fsp3) is 0.100. The monoisotopic (exact) mass is 478 g/mol. The van der Waals surface area contributed by atoms with E-state index >= 15 is 0 Å². The third kappa shape index (κ3) is 4.92. The fourth-order valence-electron chi connectivity index (χ4n) is 2.44. The number of carbonyl (C=O) groups excluding carboxylic acids is 1. The van der Waals surface area contributed by atoms with E-state index < -0.39 is 0 Å². The molecule has 28 heavy (non-hydrogen) atoms. The van der Waals surface area contributed by atoms with E-state index in [0.29, 0.717) is 21.7 Å². The van der Waals surface area contributed by atoms with E-state index in [4.69, 9.17) is 21.1 Å². The van der Waals surface area contributed by atoms with Gasteiger partial charge in [-0.3, -0.25) is 10.1 Å². The first kappa shape index (κ1) is 20.4. The van der Waals surface area contributed by atoms with Crippen LogP contribution in [0.2, 0.25) is 5.02 Å². The van der Waals surface area contributed by atoms with Crippen molar-refractivity contribution in [3.8, 4) is 22.8 Å². The highest BCUT2D eigenvalue weighted by Gasteiger charge is 2.10. The minimum atomic E-state index is -0.275. The highest BCUT2D eigenvalue weighted by atomic mass is 79.9. The number of hydrogen-bond acceptors (Lipinski definition) is 5. The molecule has 144 valence electrons. The highest BCUT2D eigenvalue weighted by Crippen LogP contribution is 2.36. The van der Waals surface area contributed by atoms with Crippen LogP contribution in [-0.2, 0) is 4.79 Å². The Morgan fingerprint density at radius 3 is 2.64 bits per heavy atom. The summed E-state index contributed by atoms with van der Waals surface area (Å²) >= 11 is 10.7. The quantitative estimate of drug-likeness (QED) is 0.448. The van der Waals surface area contributed by atoms with Crippen molar-refractivity contribution in [2.24, 2.45) is 0 Å². The fourth-order valence-corrected chi connectivity index (χ4v) is 3.91. The van der Waals surface area contributed by atoms with E-state index in [0.717, 1.165) is 21.3 Å². The van der Waals surface area contributed by atoms with E-state index in [2.05, 4.69) is 26.2 Å². The van der Waals surface area contributed by atoms with Crippen molar-refractivity contribution in [3.05, 3.63) is 62.9 Å². The van der Waals surface area contributed by atoms with Crippen LogP contribution in [0.3, 0.4) is 0 Å². The van der Waals surface area contributed by atoms with Crippen molar-refractivity contribution < 1.29 is 14.3 Å². The van der Waals surface area contributed by atoms with Crippen molar-refractivity contribution in [1.82, 2.24) is 4.98 Å². The predicted octanol–water partition coefficient (Wildman–Crippen LogP) is 5.90. The van der Waals surface area contributed by atoms with Gasteiger partial charge in [-0.15, -0.1) is 11.3 Å². The lowest BCUT2D eigenvalue weighted by Crippen LogP contribution is -2.07. The van der Waals surface area contributed by atoms with Crippen LogP contribution < -0.4 is 14.8 Å². The summed E-state index contributed by atoms with van der Waals surface area (Å²) in [5.41, 5.74) is 2.51. The topological polar surface area (TPSA) is 60.5 Å². The van der Waals surface area contributed by atoms with Crippen molar-refractivity contribution in [2.75, 3.05) is 19.5 Å². The number of aromatic nitrogens is 1. The first-order valence-corrected chi connectivity index (χ1v) is 10.2. The Balaban J connectivity index is 1.69. The molecule has 0 aliphatic heterocycles. The molecule has 1 heterocycles. The molecule has 0 bridgehead atoms. The number of benzene rings is 2.